The topological polar surface area (TPSA) is 53.7 Å². The molecule has 4 heterocycles. The van der Waals surface area contributed by atoms with Gasteiger partial charge in [-0.2, -0.15) is 0 Å². The highest BCUT2D eigenvalue weighted by Crippen LogP contribution is 2.26. The van der Waals surface area contributed by atoms with Crippen molar-refractivity contribution in [2.45, 2.75) is 0 Å². The Hall–Kier alpha value is -1.93. The third-order valence-corrected chi connectivity index (χ3v) is 5.25. The molecule has 108 valence electrons. The first-order chi connectivity index (χ1) is 10.4. The molecule has 0 amide bonds. The highest BCUT2D eigenvalue weighted by molar-refractivity contribution is 7.15. The van der Waals surface area contributed by atoms with Crippen molar-refractivity contribution in [3.05, 3.63) is 28.8 Å². The average molecular weight is 319 g/mol. The summed E-state index contributed by atoms with van der Waals surface area (Å²) in [6, 6.07) is 0. The van der Waals surface area contributed by atoms with E-state index in [1.807, 2.05) is 27.6 Å². The maximum absolute atomic E-state index is 11.4. The van der Waals surface area contributed by atoms with E-state index in [0.717, 1.165) is 48.4 Å². The van der Waals surface area contributed by atoms with Crippen LogP contribution in [0.15, 0.2) is 23.2 Å². The summed E-state index contributed by atoms with van der Waals surface area (Å²) in [5.41, 5.74) is 0.647. The van der Waals surface area contributed by atoms with Crippen LogP contribution in [0.3, 0.4) is 0 Å². The van der Waals surface area contributed by atoms with Crippen LogP contribution in [0.25, 0.3) is 4.96 Å². The second-order valence-electron chi connectivity index (χ2n) is 4.78. The highest BCUT2D eigenvalue weighted by Gasteiger charge is 2.24. The molecular weight excluding hydrogens is 306 g/mol. The number of hydrogen-bond acceptors (Lipinski definition) is 7. The first kappa shape index (κ1) is 12.8. The predicted molar refractivity (Wildman–Crippen MR) is 85.0 cm³/mol. The molecule has 0 spiro atoms. The zero-order valence-corrected chi connectivity index (χ0v) is 12.8. The van der Waals surface area contributed by atoms with E-state index in [9.17, 15) is 4.79 Å². The lowest BCUT2D eigenvalue weighted by atomic mass is 10.3. The van der Waals surface area contributed by atoms with Gasteiger partial charge in [-0.1, -0.05) is 0 Å². The molecule has 0 atom stereocenters. The third kappa shape index (κ3) is 2.11. The fourth-order valence-electron chi connectivity index (χ4n) is 2.62. The quantitative estimate of drug-likeness (QED) is 0.691. The maximum atomic E-state index is 11.4. The second-order valence-corrected chi connectivity index (χ2v) is 6.53. The first-order valence-corrected chi connectivity index (χ1v) is 8.43. The van der Waals surface area contributed by atoms with Crippen molar-refractivity contribution in [3.8, 4) is 0 Å². The van der Waals surface area contributed by atoms with Gasteiger partial charge >= 0.3 is 0 Å². The Bertz CT molecular complexity index is 755. The van der Waals surface area contributed by atoms with Crippen LogP contribution in [-0.4, -0.2) is 46.8 Å². The van der Waals surface area contributed by atoms with Crippen molar-refractivity contribution < 1.29 is 4.79 Å². The third-order valence-electron chi connectivity index (χ3n) is 3.66. The lowest BCUT2D eigenvalue weighted by Crippen LogP contribution is -2.47. The van der Waals surface area contributed by atoms with Gasteiger partial charge in [0.2, 0.25) is 0 Å². The molecule has 1 fully saturated rings. The molecule has 0 N–H and O–H groups in total. The van der Waals surface area contributed by atoms with Gasteiger partial charge in [-0.05, 0) is 0 Å². The molecule has 4 rings (SSSR count). The van der Waals surface area contributed by atoms with Crippen molar-refractivity contribution in [1.82, 2.24) is 14.4 Å². The van der Waals surface area contributed by atoms with E-state index in [-0.39, 0.29) is 0 Å². The number of aromatic nitrogens is 3. The maximum Gasteiger partial charge on any atom is 0.196 e. The number of hydrogen-bond donors (Lipinski definition) is 0. The molecule has 8 heteroatoms. The molecule has 3 aromatic heterocycles. The summed E-state index contributed by atoms with van der Waals surface area (Å²) in [6.45, 7) is 3.50. The van der Waals surface area contributed by atoms with Gasteiger partial charge in [-0.3, -0.25) is 9.20 Å². The fraction of sp³-hybridized carbons (Fsp3) is 0.308. The van der Waals surface area contributed by atoms with Crippen LogP contribution < -0.4 is 9.80 Å². The van der Waals surface area contributed by atoms with Crippen LogP contribution in [0.4, 0.5) is 10.9 Å². The summed E-state index contributed by atoms with van der Waals surface area (Å²) >= 11 is 3.21. The molecule has 0 aromatic carbocycles. The molecule has 0 radical (unpaired) electrons. The minimum absolute atomic E-state index is 0.647. The second kappa shape index (κ2) is 5.12. The zero-order chi connectivity index (χ0) is 14.2. The Balaban J connectivity index is 1.57. The van der Waals surface area contributed by atoms with Crippen molar-refractivity contribution >= 4 is 44.9 Å². The van der Waals surface area contributed by atoms with E-state index in [1.54, 1.807) is 22.7 Å². The summed E-state index contributed by atoms with van der Waals surface area (Å²) in [4.78, 5) is 25.7. The van der Waals surface area contributed by atoms with Crippen molar-refractivity contribution in [3.63, 3.8) is 0 Å². The highest BCUT2D eigenvalue weighted by atomic mass is 32.1. The van der Waals surface area contributed by atoms with E-state index in [1.165, 1.54) is 0 Å². The molecule has 1 saturated heterocycles. The molecule has 0 unspecified atom stereocenters. The molecular formula is C13H13N5OS2. The molecule has 21 heavy (non-hydrogen) atoms. The Kier molecular flexibility index (Phi) is 3.12. The van der Waals surface area contributed by atoms with Gasteiger partial charge in [-0.15, -0.1) is 22.7 Å². The van der Waals surface area contributed by atoms with Crippen LogP contribution in [-0.2, 0) is 0 Å². The van der Waals surface area contributed by atoms with Gasteiger partial charge < -0.3 is 9.80 Å². The summed E-state index contributed by atoms with van der Waals surface area (Å²) in [6.07, 6.45) is 4.63. The molecule has 0 bridgehead atoms. The van der Waals surface area contributed by atoms with Gasteiger partial charge in [0.05, 0.1) is 0 Å². The van der Waals surface area contributed by atoms with Crippen molar-refractivity contribution in [2.75, 3.05) is 36.0 Å². The number of piperazine rings is 1. The van der Waals surface area contributed by atoms with Gasteiger partial charge in [-0.25, -0.2) is 9.97 Å². The number of fused-ring (bicyclic) bond motifs is 1. The summed E-state index contributed by atoms with van der Waals surface area (Å²) < 4.78 is 1.86. The minimum Gasteiger partial charge on any atom is -0.351 e. The lowest BCUT2D eigenvalue weighted by Gasteiger charge is -2.34. The van der Waals surface area contributed by atoms with Crippen LogP contribution in [0, 0.1) is 0 Å². The summed E-state index contributed by atoms with van der Waals surface area (Å²) in [5, 5.41) is 5.01. The van der Waals surface area contributed by atoms with Crippen LogP contribution >= 0.6 is 22.7 Å². The number of carbonyl (C=O) groups is 1. The Morgan fingerprint density at radius 2 is 1.90 bits per heavy atom. The number of anilines is 2. The van der Waals surface area contributed by atoms with Crippen molar-refractivity contribution in [1.29, 1.82) is 0 Å². The first-order valence-electron chi connectivity index (χ1n) is 6.67. The Labute approximate surface area is 129 Å². The van der Waals surface area contributed by atoms with E-state index in [2.05, 4.69) is 19.8 Å². The number of aldehydes is 1. The van der Waals surface area contributed by atoms with E-state index in [0.29, 0.717) is 5.69 Å². The summed E-state index contributed by atoms with van der Waals surface area (Å²) in [5.74, 6) is 0.802. The number of rotatable bonds is 3. The molecule has 3 aromatic rings. The van der Waals surface area contributed by atoms with E-state index in [4.69, 9.17) is 0 Å². The van der Waals surface area contributed by atoms with E-state index < -0.39 is 0 Å². The number of imidazole rings is 1. The lowest BCUT2D eigenvalue weighted by molar-refractivity contribution is 0.111. The normalized spacial score (nSPS) is 15.8. The predicted octanol–water partition coefficient (Wildman–Crippen LogP) is 1.99. The molecule has 0 aliphatic carbocycles. The van der Waals surface area contributed by atoms with Gasteiger partial charge in [0.25, 0.3) is 0 Å². The standard InChI is InChI=1S/C13H13N5OS2/c19-9-10-11(15-13-18(10)6-8-21-13)16-2-4-17(5-3-16)12-14-1-7-20-12/h1,6-9H,2-5H2. The van der Waals surface area contributed by atoms with Gasteiger partial charge in [0.1, 0.15) is 5.69 Å². The summed E-state index contributed by atoms with van der Waals surface area (Å²) in [7, 11) is 0. The van der Waals surface area contributed by atoms with Crippen LogP contribution in [0.2, 0.25) is 0 Å². The Morgan fingerprint density at radius 3 is 2.62 bits per heavy atom. The fourth-order valence-corrected chi connectivity index (χ4v) is 4.03. The smallest absolute Gasteiger partial charge is 0.196 e. The number of nitrogens with zero attached hydrogens (tertiary/aromatic N) is 5. The number of thiazole rings is 2. The largest absolute Gasteiger partial charge is 0.351 e. The van der Waals surface area contributed by atoms with Gasteiger partial charge in [0, 0.05) is 49.3 Å². The average Bonchev–Trinajstić information content (AvgIpc) is 3.23. The van der Waals surface area contributed by atoms with Crippen LogP contribution in [0.1, 0.15) is 10.5 Å². The van der Waals surface area contributed by atoms with Gasteiger partial charge in [0.15, 0.2) is 22.2 Å². The number of carbonyl (C=O) groups excluding carboxylic acids is 1. The Morgan fingerprint density at radius 1 is 1.10 bits per heavy atom. The monoisotopic (exact) mass is 319 g/mol. The minimum atomic E-state index is 0.647. The van der Waals surface area contributed by atoms with Crippen LogP contribution in [0.5, 0.6) is 0 Å². The molecule has 1 aliphatic rings. The SMILES string of the molecule is O=Cc1c(N2CCN(c3nccs3)CC2)nc2sccn12. The molecule has 6 nitrogen and oxygen atoms in total. The zero-order valence-electron chi connectivity index (χ0n) is 11.2. The van der Waals surface area contributed by atoms with E-state index >= 15 is 0 Å². The molecule has 0 saturated carbocycles. The van der Waals surface area contributed by atoms with Crippen molar-refractivity contribution in [2.24, 2.45) is 0 Å². The molecule has 1 aliphatic heterocycles.